The lowest BCUT2D eigenvalue weighted by atomic mass is 9.94. The second kappa shape index (κ2) is 10.0. The summed E-state index contributed by atoms with van der Waals surface area (Å²) < 4.78 is 29.5. The molecule has 4 aromatic rings. The fraction of sp³-hybridized carbons (Fsp3) is 0.250. The number of fused-ring (bicyclic) bond motifs is 1. The Morgan fingerprint density at radius 3 is 2.14 bits per heavy atom. The van der Waals surface area contributed by atoms with E-state index in [0.29, 0.717) is 41.0 Å². The molecule has 0 bridgehead atoms. The van der Waals surface area contributed by atoms with Gasteiger partial charge in [-0.3, -0.25) is 9.69 Å². The molecule has 1 aliphatic rings. The number of hydrogen-bond acceptors (Lipinski definition) is 5. The van der Waals surface area contributed by atoms with Crippen molar-refractivity contribution in [3.05, 3.63) is 104 Å². The van der Waals surface area contributed by atoms with E-state index in [2.05, 4.69) is 43.7 Å². The van der Waals surface area contributed by atoms with Gasteiger partial charge in [-0.15, -0.1) is 0 Å². The quantitative estimate of drug-likeness (QED) is 0.321. The van der Waals surface area contributed by atoms with Crippen LogP contribution < -0.4 is 10.5 Å². The minimum absolute atomic E-state index is 0.0216. The molecule has 1 fully saturated rings. The third-order valence-corrected chi connectivity index (χ3v) is 7.43. The number of hydrogen-bond donors (Lipinski definition) is 0. The number of anilines is 1. The van der Waals surface area contributed by atoms with Crippen molar-refractivity contribution < 1.29 is 8.78 Å². The Hall–Kier alpha value is -3.61. The van der Waals surface area contributed by atoms with E-state index in [1.165, 1.54) is 28.8 Å². The maximum Gasteiger partial charge on any atom is 0.270 e. The summed E-state index contributed by atoms with van der Waals surface area (Å²) in [6.45, 7) is 3.74. The molecule has 0 amide bonds. The number of pyridine rings is 2. The largest absolute Gasteiger partial charge is 0.366 e. The predicted octanol–water partition coefficient (Wildman–Crippen LogP) is 5.15. The highest BCUT2D eigenvalue weighted by molar-refractivity contribution is 9.10. The average molecular weight is 564 g/mol. The van der Waals surface area contributed by atoms with Gasteiger partial charge in [-0.2, -0.15) is 5.26 Å². The van der Waals surface area contributed by atoms with Gasteiger partial charge in [-0.05, 0) is 70.4 Å². The van der Waals surface area contributed by atoms with Gasteiger partial charge < -0.3 is 9.47 Å². The summed E-state index contributed by atoms with van der Waals surface area (Å²) in [7, 11) is 1.64. The van der Waals surface area contributed by atoms with Crippen molar-refractivity contribution in [3.8, 4) is 6.07 Å². The minimum atomic E-state index is -0.361. The second-order valence-electron chi connectivity index (χ2n) is 9.24. The minimum Gasteiger partial charge on any atom is -0.366 e. The Morgan fingerprint density at radius 1 is 1.00 bits per heavy atom. The molecule has 9 heteroatoms. The Bertz CT molecular complexity index is 1520. The van der Waals surface area contributed by atoms with Gasteiger partial charge in [-0.1, -0.05) is 24.3 Å². The standard InChI is InChI=1S/C28H24BrF2N5O/c1-17-16-35(27-22(15-32)28(37)34(2)23-11-12-24(29)33-25(23)27)13-14-36(17)26(18-3-7-20(30)8-4-18)19-5-9-21(31)10-6-19/h3-12,17,26H,13-14,16H2,1-2H3/t17-/m0/s1. The van der Waals surface area contributed by atoms with Gasteiger partial charge >= 0.3 is 0 Å². The van der Waals surface area contributed by atoms with E-state index in [9.17, 15) is 18.8 Å². The first-order valence-electron chi connectivity index (χ1n) is 11.9. The molecule has 3 heterocycles. The maximum absolute atomic E-state index is 13.7. The normalized spacial score (nSPS) is 16.4. The topological polar surface area (TPSA) is 65.2 Å². The zero-order valence-corrected chi connectivity index (χ0v) is 21.9. The van der Waals surface area contributed by atoms with Gasteiger partial charge in [0.25, 0.3) is 5.56 Å². The number of nitrogens with zero attached hydrogens (tertiary/aromatic N) is 5. The van der Waals surface area contributed by atoms with E-state index in [1.54, 1.807) is 37.4 Å². The summed E-state index contributed by atoms with van der Waals surface area (Å²) in [6, 6.07) is 18.2. The number of aryl methyl sites for hydroxylation is 1. The highest BCUT2D eigenvalue weighted by Crippen LogP contribution is 2.35. The van der Waals surface area contributed by atoms with Crippen LogP contribution in [0.5, 0.6) is 0 Å². The van der Waals surface area contributed by atoms with Crippen LogP contribution in [0, 0.1) is 23.0 Å². The summed E-state index contributed by atoms with van der Waals surface area (Å²) in [4.78, 5) is 22.0. The predicted molar refractivity (Wildman–Crippen MR) is 142 cm³/mol. The summed E-state index contributed by atoms with van der Waals surface area (Å²) in [6.07, 6.45) is 0. The van der Waals surface area contributed by atoms with Crippen LogP contribution in [0.15, 0.2) is 70.1 Å². The van der Waals surface area contributed by atoms with Crippen molar-refractivity contribution in [2.45, 2.75) is 19.0 Å². The zero-order chi connectivity index (χ0) is 26.3. The summed E-state index contributed by atoms with van der Waals surface area (Å²) in [5.41, 5.74) is 3.27. The van der Waals surface area contributed by atoms with Gasteiger partial charge in [0.1, 0.15) is 33.4 Å². The smallest absolute Gasteiger partial charge is 0.270 e. The van der Waals surface area contributed by atoms with Crippen LogP contribution in [0.4, 0.5) is 14.5 Å². The van der Waals surface area contributed by atoms with Gasteiger partial charge in [0.05, 0.1) is 17.2 Å². The van der Waals surface area contributed by atoms with E-state index in [-0.39, 0.29) is 34.8 Å². The molecular formula is C28H24BrF2N5O. The van der Waals surface area contributed by atoms with E-state index >= 15 is 0 Å². The van der Waals surface area contributed by atoms with Crippen molar-refractivity contribution in [1.29, 1.82) is 5.26 Å². The molecule has 37 heavy (non-hydrogen) atoms. The zero-order valence-electron chi connectivity index (χ0n) is 20.3. The monoisotopic (exact) mass is 563 g/mol. The summed E-state index contributed by atoms with van der Waals surface area (Å²) >= 11 is 3.42. The van der Waals surface area contributed by atoms with Gasteiger partial charge in [0.2, 0.25) is 0 Å². The summed E-state index contributed by atoms with van der Waals surface area (Å²) in [5, 5.41) is 9.93. The van der Waals surface area contributed by atoms with Gasteiger partial charge in [0, 0.05) is 32.7 Å². The van der Waals surface area contributed by atoms with Crippen LogP contribution in [0.25, 0.3) is 11.0 Å². The number of halogens is 3. The molecule has 0 aliphatic carbocycles. The molecule has 6 nitrogen and oxygen atoms in total. The highest BCUT2D eigenvalue weighted by atomic mass is 79.9. The molecule has 0 spiro atoms. The molecule has 0 unspecified atom stereocenters. The molecule has 188 valence electrons. The first-order valence-corrected chi connectivity index (χ1v) is 12.7. The number of benzene rings is 2. The first kappa shape index (κ1) is 25.1. The SMILES string of the molecule is C[C@H]1CN(c2c(C#N)c(=O)n(C)c3ccc(Br)nc23)CCN1C(c1ccc(F)cc1)c1ccc(F)cc1. The molecule has 1 aliphatic heterocycles. The molecule has 0 saturated carbocycles. The highest BCUT2D eigenvalue weighted by Gasteiger charge is 2.34. The summed E-state index contributed by atoms with van der Waals surface area (Å²) in [5.74, 6) is -0.639. The lowest BCUT2D eigenvalue weighted by molar-refractivity contribution is 0.150. The van der Waals surface area contributed by atoms with Crippen LogP contribution in [-0.2, 0) is 7.05 Å². The van der Waals surface area contributed by atoms with Crippen LogP contribution >= 0.6 is 15.9 Å². The van der Waals surface area contributed by atoms with Gasteiger partial charge in [0.15, 0.2) is 0 Å². The molecule has 5 rings (SSSR count). The number of rotatable bonds is 4. The van der Waals surface area contributed by atoms with E-state index in [0.717, 1.165) is 11.1 Å². The van der Waals surface area contributed by atoms with E-state index < -0.39 is 0 Å². The number of aromatic nitrogens is 2. The van der Waals surface area contributed by atoms with E-state index in [1.807, 2.05) is 6.07 Å². The fourth-order valence-corrected chi connectivity index (χ4v) is 5.51. The lowest BCUT2D eigenvalue weighted by Crippen LogP contribution is -2.53. The third-order valence-electron chi connectivity index (χ3n) is 6.99. The molecule has 1 saturated heterocycles. The van der Waals surface area contributed by atoms with Crippen molar-refractivity contribution >= 4 is 32.7 Å². The van der Waals surface area contributed by atoms with Crippen molar-refractivity contribution in [3.63, 3.8) is 0 Å². The molecule has 1 atom stereocenters. The second-order valence-corrected chi connectivity index (χ2v) is 10.1. The van der Waals surface area contributed by atoms with Crippen molar-refractivity contribution in [1.82, 2.24) is 14.5 Å². The third kappa shape index (κ3) is 4.63. The molecule has 2 aromatic carbocycles. The Morgan fingerprint density at radius 2 is 1.59 bits per heavy atom. The molecule has 2 aromatic heterocycles. The lowest BCUT2D eigenvalue weighted by Gasteiger charge is -2.45. The van der Waals surface area contributed by atoms with Crippen LogP contribution in [0.3, 0.4) is 0 Å². The maximum atomic E-state index is 13.7. The first-order chi connectivity index (χ1) is 17.8. The molecular weight excluding hydrogens is 540 g/mol. The Balaban J connectivity index is 1.55. The fourth-order valence-electron chi connectivity index (χ4n) is 5.20. The number of piperazine rings is 1. The van der Waals surface area contributed by atoms with E-state index in [4.69, 9.17) is 0 Å². The number of nitriles is 1. The molecule has 0 N–H and O–H groups in total. The Kier molecular flexibility index (Phi) is 6.80. The Labute approximate surface area is 221 Å². The van der Waals surface area contributed by atoms with Gasteiger partial charge in [-0.25, -0.2) is 13.8 Å². The van der Waals surface area contributed by atoms with Crippen LogP contribution in [-0.4, -0.2) is 40.1 Å². The average Bonchev–Trinajstić information content (AvgIpc) is 2.89. The van der Waals surface area contributed by atoms with Crippen molar-refractivity contribution in [2.75, 3.05) is 24.5 Å². The van der Waals surface area contributed by atoms with Crippen LogP contribution in [0.2, 0.25) is 0 Å². The van der Waals surface area contributed by atoms with Crippen molar-refractivity contribution in [2.24, 2.45) is 7.05 Å². The molecule has 0 radical (unpaired) electrons. The van der Waals surface area contributed by atoms with Crippen LogP contribution in [0.1, 0.15) is 29.7 Å².